The van der Waals surface area contributed by atoms with Crippen molar-refractivity contribution in [3.05, 3.63) is 114 Å². The molecule has 0 aromatic heterocycles. The molecule has 0 bridgehead atoms. The minimum absolute atomic E-state index is 0.531. The molecule has 0 amide bonds. The van der Waals surface area contributed by atoms with Crippen molar-refractivity contribution in [3.63, 3.8) is 0 Å². The maximum Gasteiger partial charge on any atom is 0.0920 e. The second-order valence-corrected chi connectivity index (χ2v) is 15.2. The van der Waals surface area contributed by atoms with Crippen LogP contribution >= 0.6 is 17.0 Å². The molecule has 0 saturated heterocycles. The molecule has 0 unspecified atom stereocenters. The molecular formula is C34H32Cl2SiZr. The Hall–Kier alpha value is -1.83. The molecule has 0 saturated carbocycles. The Labute approximate surface area is 249 Å². The molecule has 0 aliphatic carbocycles. The molecule has 6 rings (SSSR count). The van der Waals surface area contributed by atoms with Gasteiger partial charge in [-0.1, -0.05) is 104 Å². The second kappa shape index (κ2) is 14.0. The summed E-state index contributed by atoms with van der Waals surface area (Å²) >= 11 is -0.826. The minimum Gasteiger partial charge on any atom is -0.184 e. The Morgan fingerprint density at radius 3 is 2.24 bits per heavy atom. The molecular weight excluding hydrogens is 599 g/mol. The first kappa shape index (κ1) is 29.2. The summed E-state index contributed by atoms with van der Waals surface area (Å²) in [5.74, 6) is 1.23. The zero-order chi connectivity index (χ0) is 27.1. The van der Waals surface area contributed by atoms with Crippen LogP contribution in [-0.4, -0.2) is 9.52 Å². The topological polar surface area (TPSA) is 0 Å². The van der Waals surface area contributed by atoms with Crippen molar-refractivity contribution >= 4 is 47.7 Å². The number of rotatable bonds is 4. The SMILES string of the molecule is CC(C)Cc1cc2c(-c3ccccc3)c(C(C)C)ccc2[cH-]1.[Cl][Zr+2][Cl].[c-]1cccc2c1[Si]c1ccccc1-2. The normalized spacial score (nSPS) is 11.3. The molecule has 1 aliphatic heterocycles. The van der Waals surface area contributed by atoms with Gasteiger partial charge in [0.05, 0.1) is 9.52 Å². The summed E-state index contributed by atoms with van der Waals surface area (Å²) in [6.07, 6.45) is 1.15. The van der Waals surface area contributed by atoms with Crippen molar-refractivity contribution in [2.24, 2.45) is 5.92 Å². The minimum atomic E-state index is -0.826. The van der Waals surface area contributed by atoms with E-state index in [-0.39, 0.29) is 0 Å². The van der Waals surface area contributed by atoms with E-state index in [4.69, 9.17) is 17.0 Å². The molecule has 0 N–H and O–H groups in total. The molecule has 1 heterocycles. The van der Waals surface area contributed by atoms with Gasteiger partial charge in [0, 0.05) is 0 Å². The van der Waals surface area contributed by atoms with Gasteiger partial charge >= 0.3 is 37.9 Å². The van der Waals surface area contributed by atoms with Crippen molar-refractivity contribution in [3.8, 4) is 22.3 Å². The predicted octanol–water partition coefficient (Wildman–Crippen LogP) is 9.05. The standard InChI is InChI=1S/C22H25.C12H7Si.2ClH.Zr/c1-15(2)12-17-13-19-10-11-20(16(3)4)22(21(19)14-17)18-8-6-5-7-9-18;1-3-7-11-9(5-1)10-6-2-4-8-12(10)13-11;;;/h5-11,13-16H,12H2,1-4H3;1-7H;2*1H;/q2*-1;;;+4/p-2. The molecule has 38 heavy (non-hydrogen) atoms. The third-order valence-corrected chi connectivity index (χ3v) is 8.01. The van der Waals surface area contributed by atoms with E-state index in [1.165, 1.54) is 54.5 Å². The molecule has 0 atom stereocenters. The van der Waals surface area contributed by atoms with Gasteiger partial charge in [0.25, 0.3) is 0 Å². The fraction of sp³-hybridized carbons (Fsp3) is 0.206. The Kier molecular flexibility index (Phi) is 10.7. The molecule has 1 aliphatic rings. The van der Waals surface area contributed by atoms with E-state index in [9.17, 15) is 0 Å². The van der Waals surface area contributed by atoms with Gasteiger partial charge < -0.3 is 0 Å². The maximum absolute atomic E-state index is 4.93. The molecule has 190 valence electrons. The third kappa shape index (κ3) is 7.02. The van der Waals surface area contributed by atoms with Gasteiger partial charge in [-0.25, -0.2) is 0 Å². The number of fused-ring (bicyclic) bond motifs is 4. The average Bonchev–Trinajstić information content (AvgIpc) is 3.49. The summed E-state index contributed by atoms with van der Waals surface area (Å²) in [4.78, 5) is 0. The van der Waals surface area contributed by atoms with Crippen LogP contribution in [0, 0.1) is 12.0 Å². The van der Waals surface area contributed by atoms with E-state index in [0.29, 0.717) is 11.8 Å². The van der Waals surface area contributed by atoms with Crippen LogP contribution in [0.1, 0.15) is 44.7 Å². The molecule has 0 fully saturated rings. The second-order valence-electron chi connectivity index (χ2n) is 10.2. The van der Waals surface area contributed by atoms with Crippen LogP contribution in [0.15, 0.2) is 97.1 Å². The Morgan fingerprint density at radius 2 is 1.53 bits per heavy atom. The predicted molar refractivity (Wildman–Crippen MR) is 165 cm³/mol. The first-order valence-corrected chi connectivity index (χ1v) is 20.4. The van der Waals surface area contributed by atoms with E-state index < -0.39 is 20.8 Å². The number of hydrogen-bond donors (Lipinski definition) is 0. The summed E-state index contributed by atoms with van der Waals surface area (Å²) in [5, 5.41) is 5.61. The van der Waals surface area contributed by atoms with Crippen LogP contribution in [0.4, 0.5) is 0 Å². The Morgan fingerprint density at radius 1 is 0.842 bits per heavy atom. The van der Waals surface area contributed by atoms with Crippen LogP contribution < -0.4 is 10.4 Å². The van der Waals surface area contributed by atoms with Crippen molar-refractivity contribution in [2.75, 3.05) is 0 Å². The quantitative estimate of drug-likeness (QED) is 0.135. The van der Waals surface area contributed by atoms with E-state index >= 15 is 0 Å². The molecule has 5 aromatic carbocycles. The summed E-state index contributed by atoms with van der Waals surface area (Å²) < 4.78 is 0. The van der Waals surface area contributed by atoms with E-state index in [0.717, 1.165) is 15.9 Å². The number of hydrogen-bond acceptors (Lipinski definition) is 0. The summed E-state index contributed by atoms with van der Waals surface area (Å²) in [7, 11) is 10.7. The average molecular weight is 631 g/mol. The first-order valence-electron chi connectivity index (χ1n) is 13.0. The Bertz CT molecular complexity index is 1430. The van der Waals surface area contributed by atoms with E-state index in [1.54, 1.807) is 0 Å². The van der Waals surface area contributed by atoms with Gasteiger partial charge in [-0.15, -0.1) is 40.1 Å². The monoisotopic (exact) mass is 628 g/mol. The van der Waals surface area contributed by atoms with E-state index in [1.807, 2.05) is 6.07 Å². The molecule has 0 spiro atoms. The molecule has 0 nitrogen and oxygen atoms in total. The van der Waals surface area contributed by atoms with Gasteiger partial charge in [0.15, 0.2) is 0 Å². The number of halogens is 2. The van der Waals surface area contributed by atoms with Crippen LogP contribution in [0.25, 0.3) is 33.0 Å². The van der Waals surface area contributed by atoms with Gasteiger partial charge in [-0.2, -0.15) is 35.5 Å². The van der Waals surface area contributed by atoms with Gasteiger partial charge in [0.1, 0.15) is 0 Å². The zero-order valence-electron chi connectivity index (χ0n) is 22.4. The maximum atomic E-state index is 4.93. The van der Waals surface area contributed by atoms with Crippen LogP contribution in [0.3, 0.4) is 0 Å². The van der Waals surface area contributed by atoms with Crippen LogP contribution in [0.2, 0.25) is 0 Å². The molecule has 2 radical (unpaired) electrons. The zero-order valence-corrected chi connectivity index (χ0v) is 27.3. The largest absolute Gasteiger partial charge is 0.184 e. The van der Waals surface area contributed by atoms with Crippen molar-refractivity contribution in [1.82, 2.24) is 0 Å². The van der Waals surface area contributed by atoms with Gasteiger partial charge in [-0.3, -0.25) is 0 Å². The van der Waals surface area contributed by atoms with Crippen molar-refractivity contribution in [2.45, 2.75) is 40.0 Å². The summed E-state index contributed by atoms with van der Waals surface area (Å²) in [6, 6.07) is 38.4. The number of benzene rings is 4. The summed E-state index contributed by atoms with van der Waals surface area (Å²) in [5.41, 5.74) is 8.43. The Balaban J connectivity index is 0.000000177. The summed E-state index contributed by atoms with van der Waals surface area (Å²) in [6.45, 7) is 9.14. The fourth-order valence-corrected chi connectivity index (χ4v) is 6.39. The van der Waals surface area contributed by atoms with Crippen molar-refractivity contribution < 1.29 is 20.8 Å². The van der Waals surface area contributed by atoms with Crippen LogP contribution in [0.5, 0.6) is 0 Å². The van der Waals surface area contributed by atoms with Crippen molar-refractivity contribution in [1.29, 1.82) is 0 Å². The van der Waals surface area contributed by atoms with E-state index in [2.05, 4.69) is 125 Å². The smallest absolute Gasteiger partial charge is 0.0920 e. The third-order valence-electron chi connectivity index (χ3n) is 6.64. The van der Waals surface area contributed by atoms with Gasteiger partial charge in [0.2, 0.25) is 0 Å². The molecule has 5 aromatic rings. The van der Waals surface area contributed by atoms with Crippen LogP contribution in [-0.2, 0) is 27.3 Å². The van der Waals surface area contributed by atoms with Gasteiger partial charge in [-0.05, 0) is 23.8 Å². The molecule has 4 heteroatoms. The first-order chi connectivity index (χ1) is 18.4. The fourth-order valence-electron chi connectivity index (χ4n) is 5.08.